The molecule has 0 N–H and O–H groups in total. The summed E-state index contributed by atoms with van der Waals surface area (Å²) in [5.41, 5.74) is 3.11. The van der Waals surface area contributed by atoms with Crippen molar-refractivity contribution in [3.63, 3.8) is 0 Å². The van der Waals surface area contributed by atoms with Crippen LogP contribution in [0.15, 0.2) is 36.4 Å². The highest BCUT2D eigenvalue weighted by molar-refractivity contribution is 5.75. The van der Waals surface area contributed by atoms with Crippen LogP contribution in [0.5, 0.6) is 11.8 Å². The van der Waals surface area contributed by atoms with Gasteiger partial charge in [-0.3, -0.25) is 4.79 Å². The molecule has 0 amide bonds. The van der Waals surface area contributed by atoms with Gasteiger partial charge in [-0.1, -0.05) is 38.8 Å². The van der Waals surface area contributed by atoms with Crippen LogP contribution in [0.2, 0.25) is 0 Å². The van der Waals surface area contributed by atoms with E-state index >= 15 is 0 Å². The fourth-order valence-electron chi connectivity index (χ4n) is 3.67. The van der Waals surface area contributed by atoms with Gasteiger partial charge in [-0.05, 0) is 43.0 Å². The zero-order valence-corrected chi connectivity index (χ0v) is 18.9. The number of esters is 1. The summed E-state index contributed by atoms with van der Waals surface area (Å²) in [6, 6.07) is 12.3. The highest BCUT2D eigenvalue weighted by Gasteiger charge is 2.29. The second kappa shape index (κ2) is 11.6. The molecule has 6 heteroatoms. The first-order valence-corrected chi connectivity index (χ1v) is 11.4. The second-order valence-corrected chi connectivity index (χ2v) is 7.91. The van der Waals surface area contributed by atoms with Crippen molar-refractivity contribution in [3.05, 3.63) is 36.4 Å². The zero-order chi connectivity index (χ0) is 22.1. The van der Waals surface area contributed by atoms with Crippen molar-refractivity contribution in [2.75, 3.05) is 38.3 Å². The van der Waals surface area contributed by atoms with Crippen molar-refractivity contribution in [2.45, 2.75) is 46.0 Å². The second-order valence-electron chi connectivity index (χ2n) is 7.91. The van der Waals surface area contributed by atoms with Gasteiger partial charge in [0, 0.05) is 30.4 Å². The van der Waals surface area contributed by atoms with E-state index in [4.69, 9.17) is 14.2 Å². The van der Waals surface area contributed by atoms with Crippen LogP contribution in [-0.4, -0.2) is 44.4 Å². The number of methoxy groups -OCH3 is 1. The molecule has 1 aliphatic rings. The Balaban J connectivity index is 1.75. The first-order chi connectivity index (χ1) is 15.2. The fourth-order valence-corrected chi connectivity index (χ4v) is 3.67. The topological polar surface area (TPSA) is 60.9 Å². The Kier molecular flexibility index (Phi) is 8.56. The molecule has 0 unspecified atom stereocenters. The van der Waals surface area contributed by atoms with Crippen LogP contribution in [0.3, 0.4) is 0 Å². The van der Waals surface area contributed by atoms with Crippen molar-refractivity contribution in [1.29, 1.82) is 0 Å². The molecule has 2 aromatic rings. The van der Waals surface area contributed by atoms with Crippen LogP contribution in [0, 0.1) is 5.92 Å². The van der Waals surface area contributed by atoms with Crippen LogP contribution in [0.4, 0.5) is 5.69 Å². The van der Waals surface area contributed by atoms with Gasteiger partial charge in [0.2, 0.25) is 11.8 Å². The summed E-state index contributed by atoms with van der Waals surface area (Å²) in [4.78, 5) is 18.7. The third kappa shape index (κ3) is 6.12. The summed E-state index contributed by atoms with van der Waals surface area (Å²) in [6.07, 6.45) is 4.97. The average Bonchev–Trinajstić information content (AvgIpc) is 3.30. The summed E-state index contributed by atoms with van der Waals surface area (Å²) in [5, 5.41) is 0. The first-order valence-electron chi connectivity index (χ1n) is 11.4. The smallest absolute Gasteiger partial charge is 0.310 e. The Morgan fingerprint density at radius 3 is 2.42 bits per heavy atom. The van der Waals surface area contributed by atoms with Crippen LogP contribution in [0.25, 0.3) is 11.1 Å². The van der Waals surface area contributed by atoms with Gasteiger partial charge in [0.1, 0.15) is 0 Å². The van der Waals surface area contributed by atoms with Crippen LogP contribution < -0.4 is 14.4 Å². The molecule has 0 spiro atoms. The van der Waals surface area contributed by atoms with E-state index in [9.17, 15) is 4.79 Å². The molecule has 0 bridgehead atoms. The third-order valence-electron chi connectivity index (χ3n) is 5.59. The lowest BCUT2D eigenvalue weighted by Crippen LogP contribution is -2.23. The van der Waals surface area contributed by atoms with Gasteiger partial charge in [-0.2, -0.15) is 4.98 Å². The maximum absolute atomic E-state index is 11.8. The molecule has 168 valence electrons. The van der Waals surface area contributed by atoms with Crippen LogP contribution in [-0.2, 0) is 9.53 Å². The summed E-state index contributed by atoms with van der Waals surface area (Å²) < 4.78 is 16.7. The number of hydrogen-bond donors (Lipinski definition) is 0. The number of nitrogens with zero attached hydrogens (tertiary/aromatic N) is 2. The highest BCUT2D eigenvalue weighted by atomic mass is 16.5. The van der Waals surface area contributed by atoms with Crippen LogP contribution >= 0.6 is 0 Å². The molecule has 0 aliphatic carbocycles. The Morgan fingerprint density at radius 2 is 1.74 bits per heavy atom. The van der Waals surface area contributed by atoms with Crippen molar-refractivity contribution in [3.8, 4) is 22.9 Å². The van der Waals surface area contributed by atoms with E-state index < -0.39 is 0 Å². The van der Waals surface area contributed by atoms with Gasteiger partial charge < -0.3 is 19.1 Å². The van der Waals surface area contributed by atoms with Gasteiger partial charge in [0.05, 0.1) is 26.2 Å². The van der Waals surface area contributed by atoms with Gasteiger partial charge in [-0.15, -0.1) is 0 Å². The molecule has 0 radical (unpaired) electrons. The van der Waals surface area contributed by atoms with E-state index in [2.05, 4.69) is 48.0 Å². The molecule has 3 rings (SSSR count). The Hall–Kier alpha value is -2.76. The van der Waals surface area contributed by atoms with E-state index in [-0.39, 0.29) is 11.9 Å². The lowest BCUT2D eigenvalue weighted by Gasteiger charge is -2.19. The fraction of sp³-hybridized carbons (Fsp3) is 0.520. The first kappa shape index (κ1) is 22.9. The number of aromatic nitrogens is 1. The number of carbonyl (C=O) groups is 1. The normalized spacial score (nSPS) is 15.7. The van der Waals surface area contributed by atoms with Crippen molar-refractivity contribution in [1.82, 2.24) is 4.98 Å². The Bertz CT molecular complexity index is 838. The van der Waals surface area contributed by atoms with E-state index in [0.717, 1.165) is 55.5 Å². The minimum absolute atomic E-state index is 0.0484. The number of hydrogen-bond acceptors (Lipinski definition) is 6. The zero-order valence-electron chi connectivity index (χ0n) is 18.9. The Labute approximate surface area is 185 Å². The monoisotopic (exact) mass is 426 g/mol. The largest absolute Gasteiger partial charge is 0.478 e. The van der Waals surface area contributed by atoms with Gasteiger partial charge in [-0.25, -0.2) is 0 Å². The molecular weight excluding hydrogens is 392 g/mol. The maximum atomic E-state index is 11.8. The molecule has 1 aliphatic heterocycles. The molecule has 2 heterocycles. The summed E-state index contributed by atoms with van der Waals surface area (Å²) >= 11 is 0. The van der Waals surface area contributed by atoms with Gasteiger partial charge in [0.25, 0.3) is 0 Å². The van der Waals surface area contributed by atoms with Crippen molar-refractivity contribution in [2.24, 2.45) is 5.92 Å². The molecule has 6 nitrogen and oxygen atoms in total. The predicted octanol–water partition coefficient (Wildman–Crippen LogP) is 5.11. The molecule has 1 aromatic heterocycles. The predicted molar refractivity (Wildman–Crippen MR) is 123 cm³/mol. The highest BCUT2D eigenvalue weighted by Crippen LogP contribution is 2.33. The maximum Gasteiger partial charge on any atom is 0.310 e. The summed E-state index contributed by atoms with van der Waals surface area (Å²) in [5.74, 6) is 1.04. The third-order valence-corrected chi connectivity index (χ3v) is 5.59. The van der Waals surface area contributed by atoms with Crippen LogP contribution in [0.1, 0.15) is 46.0 Å². The van der Waals surface area contributed by atoms with Crippen molar-refractivity contribution < 1.29 is 19.0 Å². The molecule has 1 fully saturated rings. The Morgan fingerprint density at radius 1 is 1.03 bits per heavy atom. The lowest BCUT2D eigenvalue weighted by atomic mass is 10.1. The van der Waals surface area contributed by atoms with E-state index in [0.29, 0.717) is 31.5 Å². The molecule has 1 atom stereocenters. The van der Waals surface area contributed by atoms with E-state index in [1.807, 2.05) is 12.1 Å². The minimum atomic E-state index is -0.125. The lowest BCUT2D eigenvalue weighted by molar-refractivity contribution is -0.144. The number of unbranched alkanes of at least 4 members (excludes halogenated alkanes) is 2. The number of anilines is 1. The van der Waals surface area contributed by atoms with E-state index in [1.165, 1.54) is 7.11 Å². The number of carbonyl (C=O) groups excluding carboxylic acids is 1. The average molecular weight is 427 g/mol. The molecule has 0 saturated carbocycles. The number of rotatable bonds is 11. The van der Waals surface area contributed by atoms with Gasteiger partial charge in [0.15, 0.2) is 0 Å². The van der Waals surface area contributed by atoms with E-state index in [1.54, 1.807) is 0 Å². The quantitative estimate of drug-likeness (QED) is 0.368. The standard InChI is InChI=1S/C25H34N2O4/c1-4-6-16-30-23-13-12-22(24(26-23)31-17-7-5-2)19-8-10-21(11-9-19)27-15-14-20(18-27)25(28)29-3/h8-13,20H,4-7,14-18H2,1-3H3/t20-/m1/s1. The summed E-state index contributed by atoms with van der Waals surface area (Å²) in [7, 11) is 1.45. The van der Waals surface area contributed by atoms with Gasteiger partial charge >= 0.3 is 5.97 Å². The summed E-state index contributed by atoms with van der Waals surface area (Å²) in [6.45, 7) is 7.13. The SMILES string of the molecule is CCCCOc1ccc(-c2ccc(N3CC[C@@H](C(=O)OC)C3)cc2)c(OCCCC)n1. The number of ether oxygens (including phenoxy) is 3. The molecular formula is C25H34N2O4. The van der Waals surface area contributed by atoms with Crippen molar-refractivity contribution >= 4 is 11.7 Å². The molecule has 1 aromatic carbocycles. The molecule has 1 saturated heterocycles. The number of pyridine rings is 1. The molecule has 31 heavy (non-hydrogen) atoms. The minimum Gasteiger partial charge on any atom is -0.478 e. The number of benzene rings is 1.